The Morgan fingerprint density at radius 3 is 2.00 bits per heavy atom. The van der Waals surface area contributed by atoms with E-state index in [1.165, 1.54) is 15.9 Å². The zero-order chi connectivity index (χ0) is 33.7. The third-order valence-corrected chi connectivity index (χ3v) is 17.1. The minimum atomic E-state index is -2.81. The fourth-order valence-electron chi connectivity index (χ4n) is 9.77. The molecule has 252 valence electrons. The summed E-state index contributed by atoms with van der Waals surface area (Å²) in [4.78, 5) is 13.4. The van der Waals surface area contributed by atoms with Crippen LogP contribution in [0.3, 0.4) is 0 Å². The summed E-state index contributed by atoms with van der Waals surface area (Å²) in [7, 11) is -1.12. The van der Waals surface area contributed by atoms with E-state index < -0.39 is 13.7 Å². The second-order valence-corrected chi connectivity index (χ2v) is 21.2. The first-order valence-corrected chi connectivity index (χ1v) is 19.2. The molecule has 3 aliphatic carbocycles. The maximum absolute atomic E-state index is 13.4. The second-order valence-electron chi connectivity index (χ2n) is 16.9. The quantitative estimate of drug-likeness (QED) is 0.121. The highest BCUT2D eigenvalue weighted by molar-refractivity contribution is 6.99. The number of hydrogen-bond donors (Lipinski definition) is 0. The third-order valence-electron chi connectivity index (χ3n) is 12.1. The molecule has 5 rings (SSSR count). The van der Waals surface area contributed by atoms with Crippen LogP contribution >= 0.6 is 0 Å². The second kappa shape index (κ2) is 12.6. The first kappa shape index (κ1) is 35.1. The average Bonchev–Trinajstić information content (AvgIpc) is 3.44. The fraction of sp³-hybridized carbons (Fsp3) is 0.625. The standard InChI is InChI=1S/C40H58O5Si/c1-27-31(25-44-46(38(6,7)8,29-18-14-12-15-19-29)30-20-16-13-17-21-30)40-23-22-32(43-26-42-11)35(40)28(2)39(9,10)34(40)24-33(27)45-36(41)37(3,4)5/h12-21,27,31-35H,2,22-26H2,1,3-11H3/t27-,31-,32+,33-,34-,35+,40-/m0/s1. The van der Waals surface area contributed by atoms with E-state index in [4.69, 9.17) is 25.2 Å². The molecule has 46 heavy (non-hydrogen) atoms. The minimum absolute atomic E-state index is 0.0490. The molecule has 5 nitrogen and oxygen atoms in total. The molecule has 6 heteroatoms. The molecule has 3 saturated carbocycles. The van der Waals surface area contributed by atoms with E-state index >= 15 is 0 Å². The van der Waals surface area contributed by atoms with Gasteiger partial charge < -0.3 is 18.6 Å². The predicted molar refractivity (Wildman–Crippen MR) is 188 cm³/mol. The molecule has 0 heterocycles. The van der Waals surface area contributed by atoms with Crippen LogP contribution in [-0.4, -0.2) is 47.0 Å². The summed E-state index contributed by atoms with van der Waals surface area (Å²) < 4.78 is 26.1. The summed E-state index contributed by atoms with van der Waals surface area (Å²) >= 11 is 0. The molecule has 2 aromatic rings. The number of carbonyl (C=O) groups is 1. The van der Waals surface area contributed by atoms with Crippen LogP contribution in [0.15, 0.2) is 72.8 Å². The highest BCUT2D eigenvalue weighted by Gasteiger charge is 2.71. The van der Waals surface area contributed by atoms with Gasteiger partial charge in [-0.25, -0.2) is 0 Å². The van der Waals surface area contributed by atoms with Gasteiger partial charge in [0.2, 0.25) is 0 Å². The Morgan fingerprint density at radius 2 is 1.50 bits per heavy atom. The van der Waals surface area contributed by atoms with Crippen LogP contribution in [0.25, 0.3) is 0 Å². The number of carbonyl (C=O) groups excluding carboxylic acids is 1. The summed E-state index contributed by atoms with van der Waals surface area (Å²) in [5, 5.41) is 2.42. The molecule has 7 atom stereocenters. The van der Waals surface area contributed by atoms with Crippen molar-refractivity contribution in [3.8, 4) is 0 Å². The van der Waals surface area contributed by atoms with Crippen LogP contribution in [0, 0.1) is 39.9 Å². The Balaban J connectivity index is 1.65. The monoisotopic (exact) mass is 646 g/mol. The van der Waals surface area contributed by atoms with Crippen molar-refractivity contribution in [2.45, 2.75) is 98.8 Å². The Labute approximate surface area is 279 Å². The lowest BCUT2D eigenvalue weighted by Crippen LogP contribution is -2.67. The van der Waals surface area contributed by atoms with Crippen LogP contribution in [0.2, 0.25) is 5.04 Å². The fourth-order valence-corrected chi connectivity index (χ4v) is 14.4. The highest BCUT2D eigenvalue weighted by atomic mass is 28.4. The van der Waals surface area contributed by atoms with Crippen molar-refractivity contribution >= 4 is 24.7 Å². The van der Waals surface area contributed by atoms with Gasteiger partial charge in [0.05, 0.1) is 11.5 Å². The minimum Gasteiger partial charge on any atom is -0.462 e. The number of methoxy groups -OCH3 is 1. The van der Waals surface area contributed by atoms with Crippen molar-refractivity contribution in [2.75, 3.05) is 20.5 Å². The maximum atomic E-state index is 13.4. The van der Waals surface area contributed by atoms with Crippen LogP contribution in [0.5, 0.6) is 0 Å². The normalized spacial score (nSPS) is 31.0. The summed E-state index contributed by atoms with van der Waals surface area (Å²) in [5.74, 6) is 0.592. The lowest BCUT2D eigenvalue weighted by molar-refractivity contribution is -0.179. The molecule has 0 aromatic heterocycles. The van der Waals surface area contributed by atoms with E-state index in [0.29, 0.717) is 6.61 Å². The molecule has 3 aliphatic rings. The zero-order valence-corrected chi connectivity index (χ0v) is 31.0. The van der Waals surface area contributed by atoms with Gasteiger partial charge in [-0.05, 0) is 84.0 Å². The number of rotatable bonds is 9. The number of hydrogen-bond acceptors (Lipinski definition) is 5. The molecular formula is C40H58O5Si. The Kier molecular flexibility index (Phi) is 9.64. The zero-order valence-electron chi connectivity index (χ0n) is 30.0. The lowest BCUT2D eigenvalue weighted by Gasteiger charge is -2.55. The van der Waals surface area contributed by atoms with Gasteiger partial charge >= 0.3 is 5.97 Å². The SMILES string of the molecule is C=C1[C@@H]2[C@H](OCOC)CC[C@@]23[C@@H](CO[Si](c2ccccc2)(c2ccccc2)C(C)(C)C)[C@H](C)[C@@H](OC(=O)C(C)(C)C)C[C@H]3C1(C)C. The average molecular weight is 647 g/mol. The van der Waals surface area contributed by atoms with Crippen LogP contribution in [0.4, 0.5) is 0 Å². The van der Waals surface area contributed by atoms with Crippen LogP contribution < -0.4 is 10.4 Å². The first-order chi connectivity index (χ1) is 21.5. The van der Waals surface area contributed by atoms with Gasteiger partial charge in [0.1, 0.15) is 12.9 Å². The van der Waals surface area contributed by atoms with E-state index in [1.807, 2.05) is 20.8 Å². The van der Waals surface area contributed by atoms with Crippen LogP contribution in [0.1, 0.15) is 81.6 Å². The molecule has 0 amide bonds. The molecule has 3 fully saturated rings. The summed E-state index contributed by atoms with van der Waals surface area (Å²) in [6.45, 7) is 25.5. The van der Waals surface area contributed by atoms with E-state index in [1.54, 1.807) is 7.11 Å². The molecule has 0 aliphatic heterocycles. The lowest BCUT2D eigenvalue weighted by atomic mass is 9.52. The highest BCUT2D eigenvalue weighted by Crippen LogP contribution is 2.74. The maximum Gasteiger partial charge on any atom is 0.311 e. The molecule has 0 radical (unpaired) electrons. The van der Waals surface area contributed by atoms with Crippen molar-refractivity contribution < 1.29 is 23.4 Å². The van der Waals surface area contributed by atoms with Gasteiger partial charge in [0.15, 0.2) is 0 Å². The van der Waals surface area contributed by atoms with E-state index in [2.05, 4.69) is 102 Å². The molecular weight excluding hydrogens is 589 g/mol. The van der Waals surface area contributed by atoms with E-state index in [9.17, 15) is 4.79 Å². The van der Waals surface area contributed by atoms with Gasteiger partial charge in [0, 0.05) is 19.6 Å². The van der Waals surface area contributed by atoms with Crippen molar-refractivity contribution in [3.63, 3.8) is 0 Å². The van der Waals surface area contributed by atoms with Gasteiger partial charge in [-0.1, -0.05) is 114 Å². The molecule has 0 N–H and O–H groups in total. The summed E-state index contributed by atoms with van der Waals surface area (Å²) in [6, 6.07) is 21.8. The largest absolute Gasteiger partial charge is 0.462 e. The van der Waals surface area contributed by atoms with Gasteiger partial charge in [0.25, 0.3) is 8.32 Å². The summed E-state index contributed by atoms with van der Waals surface area (Å²) in [5.41, 5.74) is 0.484. The van der Waals surface area contributed by atoms with Crippen molar-refractivity contribution in [1.82, 2.24) is 0 Å². The predicted octanol–water partition coefficient (Wildman–Crippen LogP) is 7.77. The van der Waals surface area contributed by atoms with Gasteiger partial charge in [-0.2, -0.15) is 0 Å². The smallest absolute Gasteiger partial charge is 0.311 e. The number of benzene rings is 2. The Bertz CT molecular complexity index is 1330. The van der Waals surface area contributed by atoms with E-state index in [-0.39, 0.29) is 64.5 Å². The van der Waals surface area contributed by atoms with Crippen molar-refractivity contribution in [2.24, 2.45) is 39.9 Å². The number of ether oxygens (including phenoxy) is 3. The molecule has 0 saturated heterocycles. The third kappa shape index (κ3) is 5.65. The molecule has 0 bridgehead atoms. The van der Waals surface area contributed by atoms with E-state index in [0.717, 1.165) is 19.3 Å². The molecule has 1 spiro atoms. The topological polar surface area (TPSA) is 54.0 Å². The Morgan fingerprint density at radius 1 is 0.935 bits per heavy atom. The van der Waals surface area contributed by atoms with Gasteiger partial charge in [-0.3, -0.25) is 4.79 Å². The first-order valence-electron chi connectivity index (χ1n) is 17.3. The number of esters is 1. The molecule has 2 aromatic carbocycles. The van der Waals surface area contributed by atoms with Crippen molar-refractivity contribution in [3.05, 3.63) is 72.8 Å². The van der Waals surface area contributed by atoms with Crippen molar-refractivity contribution in [1.29, 1.82) is 0 Å². The van der Waals surface area contributed by atoms with Crippen LogP contribution in [-0.2, 0) is 23.4 Å². The Hall–Kier alpha value is -2.25. The molecule has 0 unspecified atom stereocenters. The summed E-state index contributed by atoms with van der Waals surface area (Å²) in [6.07, 6.45) is 2.69. The van der Waals surface area contributed by atoms with Gasteiger partial charge in [-0.15, -0.1) is 0 Å².